The Labute approximate surface area is 288 Å². The predicted octanol–water partition coefficient (Wildman–Crippen LogP) is 1.49. The maximum atomic E-state index is 14.1. The topological polar surface area (TPSA) is 202 Å². The van der Waals surface area contributed by atoms with Gasteiger partial charge in [-0.2, -0.15) is 0 Å². The van der Waals surface area contributed by atoms with Gasteiger partial charge in [0.15, 0.2) is 0 Å². The van der Waals surface area contributed by atoms with Crippen molar-refractivity contribution >= 4 is 39.6 Å². The molecule has 4 atom stereocenters. The first-order valence-corrected chi connectivity index (χ1v) is 17.6. The highest BCUT2D eigenvalue weighted by atomic mass is 32.2. The monoisotopic (exact) mass is 717 g/mol. The second-order valence-corrected chi connectivity index (χ2v) is 13.9. The molecule has 2 fully saturated rings. The number of benzene rings is 2. The van der Waals surface area contributed by atoms with Crippen LogP contribution in [0, 0.1) is 11.7 Å². The van der Waals surface area contributed by atoms with Gasteiger partial charge in [-0.3, -0.25) is 14.5 Å². The first kappa shape index (κ1) is 36.7. The van der Waals surface area contributed by atoms with E-state index in [-0.39, 0.29) is 75.2 Å². The number of rotatable bonds is 17. The molecule has 3 aliphatic rings. The molecular formula is C33H40FN5O10S. The summed E-state index contributed by atoms with van der Waals surface area (Å²) in [5.74, 6) is -3.44. The van der Waals surface area contributed by atoms with Gasteiger partial charge in [-0.1, -0.05) is 30.3 Å². The van der Waals surface area contributed by atoms with Crippen molar-refractivity contribution in [3.63, 3.8) is 0 Å². The summed E-state index contributed by atoms with van der Waals surface area (Å²) in [4.78, 5) is 51.3. The number of nitrogens with zero attached hydrogens (tertiary/aromatic N) is 1. The number of aliphatic carboxylic acids is 1. The van der Waals surface area contributed by atoms with Gasteiger partial charge in [0, 0.05) is 50.8 Å². The largest absolute Gasteiger partial charge is 0.480 e. The Morgan fingerprint density at radius 3 is 2.60 bits per heavy atom. The number of carboxylic acid groups (broad SMARTS) is 1. The molecule has 0 spiro atoms. The van der Waals surface area contributed by atoms with Crippen LogP contribution in [0.25, 0.3) is 0 Å². The van der Waals surface area contributed by atoms with Gasteiger partial charge >= 0.3 is 12.1 Å². The summed E-state index contributed by atoms with van der Waals surface area (Å²) >= 11 is 0. The molecular weight excluding hydrogens is 677 g/mol. The van der Waals surface area contributed by atoms with Crippen molar-refractivity contribution < 1.29 is 51.3 Å². The zero-order valence-electron chi connectivity index (χ0n) is 27.2. The zero-order valence-corrected chi connectivity index (χ0v) is 28.0. The number of carbonyl (C=O) groups excluding carboxylic acids is 3. The quantitative estimate of drug-likeness (QED) is 0.117. The average Bonchev–Trinajstić information content (AvgIpc) is 3.36. The van der Waals surface area contributed by atoms with Crippen molar-refractivity contribution in [1.82, 2.24) is 20.3 Å². The first-order valence-electron chi connectivity index (χ1n) is 16.1. The molecule has 0 radical (unpaired) electrons. The lowest BCUT2D eigenvalue weighted by Crippen LogP contribution is -2.55. The Morgan fingerprint density at radius 2 is 1.86 bits per heavy atom. The van der Waals surface area contributed by atoms with E-state index >= 15 is 0 Å². The third kappa shape index (κ3) is 8.76. The van der Waals surface area contributed by atoms with Gasteiger partial charge in [-0.05, 0) is 36.6 Å². The standard InChI is InChI=1S/C33H40FN5O10S/c1-2-22-16-33(22,37-30(42)27-15-23(17-36-27)49-32(44)39-18-21-7-5-8-25(34)24(21)19-39)31(43)38-50(45,46)28-10-4-3-9-26(28)35-11-14-47-12-6-13-48-20-29(40)41/h2-5,7-10,22-23,27,35-36H,1,6,11-20H2,(H,37,42)(H,38,43)(H,40,41)/t22-,23-,27+,33-/m1/s1. The van der Waals surface area contributed by atoms with E-state index < -0.39 is 57.5 Å². The lowest BCUT2D eigenvalue weighted by molar-refractivity contribution is -0.142. The number of ether oxygens (including phenoxy) is 3. The van der Waals surface area contributed by atoms with Gasteiger partial charge in [-0.25, -0.2) is 27.1 Å². The molecule has 1 saturated carbocycles. The minimum Gasteiger partial charge on any atom is -0.480 e. The van der Waals surface area contributed by atoms with E-state index in [0.717, 1.165) is 0 Å². The average molecular weight is 718 g/mol. The lowest BCUT2D eigenvalue weighted by atomic mass is 10.1. The number of carbonyl (C=O) groups is 4. The number of amides is 3. The number of anilines is 1. The lowest BCUT2D eigenvalue weighted by Gasteiger charge is -2.22. The van der Waals surface area contributed by atoms with Crippen molar-refractivity contribution in [2.45, 2.75) is 54.9 Å². The molecule has 2 heterocycles. The molecule has 15 nitrogen and oxygen atoms in total. The van der Waals surface area contributed by atoms with Crippen LogP contribution in [-0.4, -0.2) is 99.5 Å². The van der Waals surface area contributed by atoms with Crippen LogP contribution < -0.4 is 20.7 Å². The molecule has 0 bridgehead atoms. The van der Waals surface area contributed by atoms with Crippen LogP contribution in [-0.2, 0) is 51.7 Å². The Kier molecular flexibility index (Phi) is 11.7. The zero-order chi connectivity index (χ0) is 35.9. The Balaban J connectivity index is 1.11. The minimum atomic E-state index is -4.39. The van der Waals surface area contributed by atoms with Crippen molar-refractivity contribution in [3.8, 4) is 0 Å². The maximum Gasteiger partial charge on any atom is 0.410 e. The summed E-state index contributed by atoms with van der Waals surface area (Å²) in [6.45, 7) is 4.80. The minimum absolute atomic E-state index is 0.0817. The maximum absolute atomic E-state index is 14.1. The van der Waals surface area contributed by atoms with Crippen molar-refractivity contribution in [2.24, 2.45) is 5.92 Å². The molecule has 2 aromatic carbocycles. The van der Waals surface area contributed by atoms with Crippen LogP contribution in [0.3, 0.4) is 0 Å². The van der Waals surface area contributed by atoms with Crippen molar-refractivity contribution in [1.29, 1.82) is 0 Å². The van der Waals surface area contributed by atoms with E-state index in [1.807, 2.05) is 0 Å². The molecule has 50 heavy (non-hydrogen) atoms. The highest BCUT2D eigenvalue weighted by molar-refractivity contribution is 7.90. The number of carboxylic acids is 1. The summed E-state index contributed by atoms with van der Waals surface area (Å²) in [5, 5.41) is 17.2. The first-order chi connectivity index (χ1) is 23.9. The number of hydrogen-bond acceptors (Lipinski definition) is 11. The number of para-hydroxylation sites is 1. The molecule has 1 aliphatic carbocycles. The third-order valence-electron chi connectivity index (χ3n) is 8.68. The fourth-order valence-electron chi connectivity index (χ4n) is 5.96. The van der Waals surface area contributed by atoms with E-state index in [9.17, 15) is 32.0 Å². The van der Waals surface area contributed by atoms with E-state index in [2.05, 4.69) is 27.3 Å². The van der Waals surface area contributed by atoms with E-state index in [0.29, 0.717) is 24.2 Å². The number of hydrogen-bond donors (Lipinski definition) is 5. The summed E-state index contributed by atoms with van der Waals surface area (Å²) in [6.07, 6.45) is 0.923. The van der Waals surface area contributed by atoms with E-state index in [1.54, 1.807) is 18.2 Å². The fourth-order valence-corrected chi connectivity index (χ4v) is 7.18. The summed E-state index contributed by atoms with van der Waals surface area (Å²) in [5.41, 5.74) is -0.166. The van der Waals surface area contributed by atoms with Crippen molar-refractivity contribution in [2.75, 3.05) is 44.8 Å². The molecule has 1 saturated heterocycles. The summed E-state index contributed by atoms with van der Waals surface area (Å²) in [6, 6.07) is 9.85. The Hall–Kier alpha value is -4.58. The van der Waals surface area contributed by atoms with Crippen molar-refractivity contribution in [3.05, 3.63) is 72.1 Å². The van der Waals surface area contributed by atoms with Gasteiger partial charge in [0.1, 0.15) is 29.0 Å². The third-order valence-corrected chi connectivity index (χ3v) is 10.1. The van der Waals surface area contributed by atoms with Crippen LogP contribution in [0.15, 0.2) is 60.0 Å². The van der Waals surface area contributed by atoms with Crippen LogP contribution in [0.1, 0.15) is 30.4 Å². The molecule has 0 unspecified atom stereocenters. The summed E-state index contributed by atoms with van der Waals surface area (Å²) in [7, 11) is -4.39. The number of nitrogens with one attached hydrogen (secondary N) is 4. The van der Waals surface area contributed by atoms with Crippen LogP contribution in [0.5, 0.6) is 0 Å². The van der Waals surface area contributed by atoms with Crippen LogP contribution in [0.4, 0.5) is 14.9 Å². The molecule has 270 valence electrons. The smallest absolute Gasteiger partial charge is 0.410 e. The van der Waals surface area contributed by atoms with Gasteiger partial charge in [0.05, 0.1) is 24.9 Å². The number of halogens is 1. The van der Waals surface area contributed by atoms with Gasteiger partial charge < -0.3 is 35.3 Å². The van der Waals surface area contributed by atoms with Crippen LogP contribution >= 0.6 is 0 Å². The highest BCUT2D eigenvalue weighted by Crippen LogP contribution is 2.45. The normalized spacial score (nSPS) is 22.3. The van der Waals surface area contributed by atoms with Gasteiger partial charge in [0.25, 0.3) is 15.9 Å². The molecule has 2 aliphatic heterocycles. The molecule has 17 heteroatoms. The molecule has 2 aromatic rings. The number of fused-ring (bicyclic) bond motifs is 1. The van der Waals surface area contributed by atoms with Gasteiger partial charge in [-0.15, -0.1) is 6.58 Å². The van der Waals surface area contributed by atoms with Gasteiger partial charge in [0.2, 0.25) is 5.91 Å². The van der Waals surface area contributed by atoms with Crippen LogP contribution in [0.2, 0.25) is 0 Å². The number of sulfonamides is 1. The molecule has 3 amide bonds. The second kappa shape index (κ2) is 16.0. The fraction of sp³-hybridized carbons (Fsp3) is 0.455. The molecule has 0 aromatic heterocycles. The summed E-state index contributed by atoms with van der Waals surface area (Å²) < 4.78 is 59.1. The molecule has 5 rings (SSSR count). The Bertz CT molecular complexity index is 1730. The molecule has 5 N–H and O–H groups in total. The Morgan fingerprint density at radius 1 is 1.08 bits per heavy atom. The second-order valence-electron chi connectivity index (χ2n) is 12.2. The highest BCUT2D eigenvalue weighted by Gasteiger charge is 2.61. The van der Waals surface area contributed by atoms with E-state index in [1.165, 1.54) is 35.2 Å². The predicted molar refractivity (Wildman–Crippen MR) is 176 cm³/mol. The SMILES string of the molecule is C=C[C@@H]1C[C@]1(NC(=O)[C@@H]1C[C@@H](OC(=O)N2Cc3cccc(F)c3C2)CN1)C(=O)NS(=O)(=O)c1ccccc1NCCOCCCOCC(=O)O. The van der Waals surface area contributed by atoms with E-state index in [4.69, 9.17) is 19.3 Å².